The van der Waals surface area contributed by atoms with Gasteiger partial charge in [-0.05, 0) is 24.1 Å². The highest BCUT2D eigenvalue weighted by atomic mass is 35.5. The fourth-order valence-electron chi connectivity index (χ4n) is 1.08. The average Bonchev–Trinajstić information content (AvgIpc) is 2.19. The third-order valence-corrected chi connectivity index (χ3v) is 2.64. The molecule has 0 bridgehead atoms. The Bertz CT molecular complexity index is 339. The summed E-state index contributed by atoms with van der Waals surface area (Å²) in [6, 6.07) is 5.36. The summed E-state index contributed by atoms with van der Waals surface area (Å²) in [6.07, 6.45) is 1.11. The van der Waals surface area contributed by atoms with Crippen molar-refractivity contribution in [2.45, 2.75) is 12.8 Å². The molecule has 1 rings (SSSR count). The zero-order chi connectivity index (χ0) is 10.6. The smallest absolute Gasteiger partial charge is 0.146 e. The molecule has 0 aliphatic carbocycles. The van der Waals surface area contributed by atoms with Crippen LogP contribution in [0.2, 0.25) is 10.0 Å². The maximum atomic E-state index is 11.0. The van der Waals surface area contributed by atoms with Crippen LogP contribution in [-0.2, 0) is 11.2 Å². The molecule has 0 saturated carbocycles. The van der Waals surface area contributed by atoms with Crippen LogP contribution in [0.1, 0.15) is 12.0 Å². The summed E-state index contributed by atoms with van der Waals surface area (Å²) in [5.74, 6) is 0.0519. The molecule has 0 saturated heterocycles. The summed E-state index contributed by atoms with van der Waals surface area (Å²) in [5, 5.41) is 1.05. The van der Waals surface area contributed by atoms with Crippen LogP contribution >= 0.6 is 23.2 Å². The molecule has 4 heteroatoms. The lowest BCUT2D eigenvalue weighted by Crippen LogP contribution is -2.13. The second-order valence-corrected chi connectivity index (χ2v) is 3.81. The van der Waals surface area contributed by atoms with Crippen molar-refractivity contribution in [1.29, 1.82) is 0 Å². The molecule has 0 aliphatic heterocycles. The first-order chi connectivity index (χ1) is 6.63. The molecule has 0 radical (unpaired) electrons. The van der Waals surface area contributed by atoms with E-state index < -0.39 is 0 Å². The van der Waals surface area contributed by atoms with Gasteiger partial charge in [0.25, 0.3) is 0 Å². The molecule has 0 atom stereocenters. The fraction of sp³-hybridized carbons (Fsp3) is 0.300. The van der Waals surface area contributed by atoms with Crippen LogP contribution in [-0.4, -0.2) is 12.3 Å². The van der Waals surface area contributed by atoms with Gasteiger partial charge in [0, 0.05) is 6.42 Å². The highest BCUT2D eigenvalue weighted by Gasteiger charge is 2.02. The number of rotatable bonds is 4. The van der Waals surface area contributed by atoms with E-state index in [4.69, 9.17) is 28.9 Å². The summed E-state index contributed by atoms with van der Waals surface area (Å²) in [6.45, 7) is 0.0985. The van der Waals surface area contributed by atoms with Gasteiger partial charge < -0.3 is 5.73 Å². The van der Waals surface area contributed by atoms with Crippen molar-refractivity contribution in [2.75, 3.05) is 6.54 Å². The van der Waals surface area contributed by atoms with Gasteiger partial charge in [0.1, 0.15) is 5.78 Å². The fourth-order valence-corrected chi connectivity index (χ4v) is 1.40. The van der Waals surface area contributed by atoms with Crippen molar-refractivity contribution >= 4 is 29.0 Å². The quantitative estimate of drug-likeness (QED) is 0.866. The van der Waals surface area contributed by atoms with Gasteiger partial charge in [-0.3, -0.25) is 4.79 Å². The van der Waals surface area contributed by atoms with Crippen LogP contribution in [0.4, 0.5) is 0 Å². The normalized spacial score (nSPS) is 10.2. The molecule has 0 spiro atoms. The van der Waals surface area contributed by atoms with E-state index in [-0.39, 0.29) is 12.3 Å². The molecule has 0 fully saturated rings. The van der Waals surface area contributed by atoms with Crippen molar-refractivity contribution in [3.63, 3.8) is 0 Å². The number of ketones is 1. The van der Waals surface area contributed by atoms with Gasteiger partial charge in [0.15, 0.2) is 0 Å². The molecule has 0 aliphatic rings. The highest BCUT2D eigenvalue weighted by molar-refractivity contribution is 6.42. The van der Waals surface area contributed by atoms with E-state index in [9.17, 15) is 4.79 Å². The third kappa shape index (κ3) is 3.29. The Kier molecular flexibility index (Phi) is 4.39. The minimum Gasteiger partial charge on any atom is -0.324 e. The molecule has 76 valence electrons. The molecule has 0 amide bonds. The number of carbonyl (C=O) groups excluding carboxylic acids is 1. The lowest BCUT2D eigenvalue weighted by Gasteiger charge is -2.01. The molecule has 0 aromatic heterocycles. The van der Waals surface area contributed by atoms with Crippen LogP contribution in [0, 0.1) is 0 Å². The number of hydrogen-bond acceptors (Lipinski definition) is 2. The Labute approximate surface area is 93.0 Å². The summed E-state index contributed by atoms with van der Waals surface area (Å²) in [7, 11) is 0. The van der Waals surface area contributed by atoms with Crippen molar-refractivity contribution in [2.24, 2.45) is 5.73 Å². The maximum absolute atomic E-state index is 11.0. The topological polar surface area (TPSA) is 43.1 Å². The summed E-state index contributed by atoms with van der Waals surface area (Å²) in [5.41, 5.74) is 6.19. The van der Waals surface area contributed by atoms with Gasteiger partial charge in [0.05, 0.1) is 16.6 Å². The predicted octanol–water partition coefficient (Wildman–Crippen LogP) is 2.45. The van der Waals surface area contributed by atoms with E-state index in [0.717, 1.165) is 5.56 Å². The Balaban J connectivity index is 2.60. The molecule has 2 N–H and O–H groups in total. The average molecular weight is 232 g/mol. The van der Waals surface area contributed by atoms with E-state index in [0.29, 0.717) is 22.9 Å². The molecule has 1 aromatic rings. The number of carbonyl (C=O) groups is 1. The largest absolute Gasteiger partial charge is 0.324 e. The Morgan fingerprint density at radius 3 is 2.57 bits per heavy atom. The van der Waals surface area contributed by atoms with Crippen LogP contribution in [0.3, 0.4) is 0 Å². The van der Waals surface area contributed by atoms with Crippen LogP contribution in [0.15, 0.2) is 18.2 Å². The van der Waals surface area contributed by atoms with Gasteiger partial charge >= 0.3 is 0 Å². The molecule has 1 aromatic carbocycles. The zero-order valence-electron chi connectivity index (χ0n) is 7.59. The Morgan fingerprint density at radius 2 is 2.00 bits per heavy atom. The summed E-state index contributed by atoms with van der Waals surface area (Å²) >= 11 is 11.6. The predicted molar refractivity (Wildman–Crippen MR) is 58.8 cm³/mol. The van der Waals surface area contributed by atoms with E-state index in [1.54, 1.807) is 12.1 Å². The van der Waals surface area contributed by atoms with Gasteiger partial charge in [-0.15, -0.1) is 0 Å². The van der Waals surface area contributed by atoms with E-state index in [2.05, 4.69) is 0 Å². The van der Waals surface area contributed by atoms with E-state index >= 15 is 0 Å². The van der Waals surface area contributed by atoms with E-state index in [1.807, 2.05) is 6.07 Å². The molecule has 2 nitrogen and oxygen atoms in total. The first-order valence-electron chi connectivity index (χ1n) is 4.29. The third-order valence-electron chi connectivity index (χ3n) is 1.90. The minimum atomic E-state index is 0.0519. The summed E-state index contributed by atoms with van der Waals surface area (Å²) < 4.78 is 0. The van der Waals surface area contributed by atoms with Crippen molar-refractivity contribution in [1.82, 2.24) is 0 Å². The molecular weight excluding hydrogens is 221 g/mol. The maximum Gasteiger partial charge on any atom is 0.146 e. The lowest BCUT2D eigenvalue weighted by atomic mass is 10.1. The number of nitrogens with two attached hydrogens (primary N) is 1. The zero-order valence-corrected chi connectivity index (χ0v) is 9.11. The highest BCUT2D eigenvalue weighted by Crippen LogP contribution is 2.23. The van der Waals surface area contributed by atoms with Crippen molar-refractivity contribution in [3.8, 4) is 0 Å². The summed E-state index contributed by atoms with van der Waals surface area (Å²) in [4.78, 5) is 11.0. The van der Waals surface area contributed by atoms with Crippen LogP contribution < -0.4 is 5.73 Å². The van der Waals surface area contributed by atoms with Gasteiger partial charge in [-0.1, -0.05) is 29.3 Å². The Hall–Kier alpha value is -0.570. The van der Waals surface area contributed by atoms with Crippen molar-refractivity contribution < 1.29 is 4.79 Å². The van der Waals surface area contributed by atoms with E-state index in [1.165, 1.54) is 0 Å². The number of hydrogen-bond donors (Lipinski definition) is 1. The monoisotopic (exact) mass is 231 g/mol. The number of benzene rings is 1. The SMILES string of the molecule is NCC(=O)CCc1ccc(Cl)c(Cl)c1. The first kappa shape index (κ1) is 11.5. The molecule has 14 heavy (non-hydrogen) atoms. The molecule has 0 heterocycles. The van der Waals surface area contributed by atoms with Gasteiger partial charge in [0.2, 0.25) is 0 Å². The minimum absolute atomic E-state index is 0.0519. The first-order valence-corrected chi connectivity index (χ1v) is 5.04. The molecular formula is C10H11Cl2NO. The second-order valence-electron chi connectivity index (χ2n) is 2.99. The van der Waals surface area contributed by atoms with Gasteiger partial charge in [-0.25, -0.2) is 0 Å². The number of aryl methyl sites for hydroxylation is 1. The lowest BCUT2D eigenvalue weighted by molar-refractivity contribution is -0.117. The molecule has 0 unspecified atom stereocenters. The van der Waals surface area contributed by atoms with Crippen LogP contribution in [0.5, 0.6) is 0 Å². The number of Topliss-reactive ketones (excluding diaryl/α,β-unsaturated/α-hetero) is 1. The number of halogens is 2. The second kappa shape index (κ2) is 5.35. The van der Waals surface area contributed by atoms with Crippen LogP contribution in [0.25, 0.3) is 0 Å². The Morgan fingerprint density at radius 1 is 1.29 bits per heavy atom. The standard InChI is InChI=1S/C10H11Cl2NO/c11-9-4-2-7(5-10(9)12)1-3-8(14)6-13/h2,4-5H,1,3,6,13H2. The van der Waals surface area contributed by atoms with Gasteiger partial charge in [-0.2, -0.15) is 0 Å². The van der Waals surface area contributed by atoms with Crippen molar-refractivity contribution in [3.05, 3.63) is 33.8 Å².